The SMILES string of the molecule is C=C=C(NC(=C)c1c(C)cccc1-c1ccccc1)C(=C)OCC. The lowest BCUT2D eigenvalue weighted by atomic mass is 9.94. The Hall–Kier alpha value is -2.96. The summed E-state index contributed by atoms with van der Waals surface area (Å²) in [5.41, 5.74) is 8.66. The van der Waals surface area contributed by atoms with Gasteiger partial charge in [-0.3, -0.25) is 0 Å². The van der Waals surface area contributed by atoms with Crippen molar-refractivity contribution in [2.75, 3.05) is 6.61 Å². The van der Waals surface area contributed by atoms with Crippen molar-refractivity contribution in [3.8, 4) is 11.1 Å². The third-order valence-electron chi connectivity index (χ3n) is 3.71. The van der Waals surface area contributed by atoms with Crippen LogP contribution < -0.4 is 5.32 Å². The van der Waals surface area contributed by atoms with E-state index in [9.17, 15) is 0 Å². The van der Waals surface area contributed by atoms with Crippen LogP contribution in [0.1, 0.15) is 18.1 Å². The zero-order valence-corrected chi connectivity index (χ0v) is 14.4. The van der Waals surface area contributed by atoms with Crippen LogP contribution >= 0.6 is 0 Å². The van der Waals surface area contributed by atoms with Crippen LogP contribution in [0.2, 0.25) is 0 Å². The monoisotopic (exact) mass is 317 g/mol. The van der Waals surface area contributed by atoms with Gasteiger partial charge in [0.25, 0.3) is 0 Å². The Balaban J connectivity index is 2.40. The number of hydrogen-bond donors (Lipinski definition) is 1. The molecule has 122 valence electrons. The Morgan fingerprint density at radius 2 is 1.79 bits per heavy atom. The number of nitrogens with one attached hydrogen (secondary N) is 1. The van der Waals surface area contributed by atoms with Gasteiger partial charge in [0.1, 0.15) is 11.5 Å². The molecule has 0 spiro atoms. The minimum atomic E-state index is 0.503. The topological polar surface area (TPSA) is 21.3 Å². The molecule has 0 aliphatic heterocycles. The van der Waals surface area contributed by atoms with Gasteiger partial charge >= 0.3 is 0 Å². The van der Waals surface area contributed by atoms with Crippen molar-refractivity contribution in [2.24, 2.45) is 0 Å². The summed E-state index contributed by atoms with van der Waals surface area (Å²) < 4.78 is 5.44. The van der Waals surface area contributed by atoms with Crippen molar-refractivity contribution < 1.29 is 4.74 Å². The summed E-state index contributed by atoms with van der Waals surface area (Å²) in [6, 6.07) is 16.5. The summed E-state index contributed by atoms with van der Waals surface area (Å²) in [6.07, 6.45) is 0. The number of hydrogen-bond acceptors (Lipinski definition) is 2. The smallest absolute Gasteiger partial charge is 0.143 e. The van der Waals surface area contributed by atoms with Gasteiger partial charge in [0.05, 0.1) is 6.61 Å². The number of aryl methyl sites for hydroxylation is 1. The van der Waals surface area contributed by atoms with Gasteiger partial charge < -0.3 is 10.1 Å². The van der Waals surface area contributed by atoms with Crippen molar-refractivity contribution in [1.82, 2.24) is 5.32 Å². The van der Waals surface area contributed by atoms with Gasteiger partial charge in [0.15, 0.2) is 0 Å². The highest BCUT2D eigenvalue weighted by Crippen LogP contribution is 2.30. The van der Waals surface area contributed by atoms with Crippen molar-refractivity contribution >= 4 is 5.70 Å². The van der Waals surface area contributed by atoms with Gasteiger partial charge in [0.2, 0.25) is 0 Å². The second-order valence-electron chi connectivity index (χ2n) is 5.38. The van der Waals surface area contributed by atoms with Crippen LogP contribution in [0.15, 0.2) is 85.5 Å². The maximum Gasteiger partial charge on any atom is 0.143 e. The van der Waals surface area contributed by atoms with Gasteiger partial charge in [-0.15, -0.1) is 0 Å². The third-order valence-corrected chi connectivity index (χ3v) is 3.71. The molecule has 0 aromatic heterocycles. The average molecular weight is 317 g/mol. The highest BCUT2D eigenvalue weighted by atomic mass is 16.5. The molecule has 2 rings (SSSR count). The molecule has 2 nitrogen and oxygen atoms in total. The molecule has 0 fully saturated rings. The molecule has 0 heterocycles. The standard InChI is InChI=1S/C22H23NO/c1-6-21(18(5)24-7-2)23-17(4)22-16(3)12-11-15-20(22)19-13-9-8-10-14-19/h8-15,23H,1,4-5,7H2,2-3H3. The van der Waals surface area contributed by atoms with E-state index in [1.54, 1.807) is 0 Å². The first-order valence-electron chi connectivity index (χ1n) is 7.92. The van der Waals surface area contributed by atoms with E-state index < -0.39 is 0 Å². The molecule has 2 aromatic rings. The largest absolute Gasteiger partial charge is 0.492 e. The van der Waals surface area contributed by atoms with E-state index in [-0.39, 0.29) is 0 Å². The lowest BCUT2D eigenvalue weighted by molar-refractivity contribution is 0.237. The molecular formula is C22H23NO. The molecule has 2 heteroatoms. The fourth-order valence-electron chi connectivity index (χ4n) is 2.60. The van der Waals surface area contributed by atoms with Gasteiger partial charge in [-0.25, -0.2) is 0 Å². The third kappa shape index (κ3) is 3.87. The zero-order chi connectivity index (χ0) is 17.5. The summed E-state index contributed by atoms with van der Waals surface area (Å²) in [5, 5.41) is 3.24. The van der Waals surface area contributed by atoms with Crippen molar-refractivity contribution in [3.05, 3.63) is 96.6 Å². The van der Waals surface area contributed by atoms with E-state index in [2.05, 4.69) is 68.0 Å². The predicted octanol–water partition coefficient (Wildman–Crippen LogP) is 5.44. The minimum Gasteiger partial charge on any atom is -0.492 e. The van der Waals surface area contributed by atoms with E-state index in [1.807, 2.05) is 25.1 Å². The maximum atomic E-state index is 5.44. The first-order valence-corrected chi connectivity index (χ1v) is 7.92. The molecule has 0 aliphatic carbocycles. The molecule has 2 aromatic carbocycles. The quantitative estimate of drug-likeness (QED) is 0.417. The van der Waals surface area contributed by atoms with Gasteiger partial charge in [-0.05, 0) is 30.5 Å². The van der Waals surface area contributed by atoms with E-state index in [4.69, 9.17) is 4.74 Å². The fourth-order valence-corrected chi connectivity index (χ4v) is 2.60. The summed E-state index contributed by atoms with van der Waals surface area (Å²) in [7, 11) is 0. The van der Waals surface area contributed by atoms with E-state index >= 15 is 0 Å². The van der Waals surface area contributed by atoms with Crippen LogP contribution in [0.4, 0.5) is 0 Å². The molecule has 0 amide bonds. The number of rotatable bonds is 7. The molecule has 0 saturated carbocycles. The predicted molar refractivity (Wildman–Crippen MR) is 102 cm³/mol. The molecule has 0 unspecified atom stereocenters. The summed E-state index contributed by atoms with van der Waals surface area (Å²) in [4.78, 5) is 0. The molecular weight excluding hydrogens is 294 g/mol. The fraction of sp³-hybridized carbons (Fsp3) is 0.136. The highest BCUT2D eigenvalue weighted by molar-refractivity contribution is 5.82. The second-order valence-corrected chi connectivity index (χ2v) is 5.38. The van der Waals surface area contributed by atoms with Crippen LogP contribution in [0.3, 0.4) is 0 Å². The van der Waals surface area contributed by atoms with Crippen molar-refractivity contribution in [2.45, 2.75) is 13.8 Å². The lowest BCUT2D eigenvalue weighted by Gasteiger charge is -2.18. The summed E-state index contributed by atoms with van der Waals surface area (Å²) in [6.45, 7) is 16.3. The number of benzene rings is 2. The molecule has 0 saturated heterocycles. The van der Waals surface area contributed by atoms with Gasteiger partial charge in [-0.2, -0.15) is 0 Å². The van der Waals surface area contributed by atoms with Crippen LogP contribution in [0, 0.1) is 6.92 Å². The van der Waals surface area contributed by atoms with Crippen LogP contribution in [0.25, 0.3) is 16.8 Å². The lowest BCUT2D eigenvalue weighted by Crippen LogP contribution is -2.14. The van der Waals surface area contributed by atoms with E-state index in [0.717, 1.165) is 28.0 Å². The molecule has 0 atom stereocenters. The molecule has 1 N–H and O–H groups in total. The van der Waals surface area contributed by atoms with E-state index in [1.165, 1.54) is 0 Å². The number of ether oxygens (including phenoxy) is 1. The molecule has 0 aliphatic rings. The Morgan fingerprint density at radius 3 is 2.42 bits per heavy atom. The zero-order valence-electron chi connectivity index (χ0n) is 14.4. The molecule has 0 radical (unpaired) electrons. The Morgan fingerprint density at radius 1 is 1.08 bits per heavy atom. The van der Waals surface area contributed by atoms with Gasteiger partial charge in [0, 0.05) is 11.3 Å². The Kier molecular flexibility index (Phi) is 5.83. The second kappa shape index (κ2) is 8.05. The Labute approximate surface area is 144 Å². The first-order chi connectivity index (χ1) is 11.6. The van der Waals surface area contributed by atoms with Crippen LogP contribution in [-0.2, 0) is 4.74 Å². The van der Waals surface area contributed by atoms with Crippen LogP contribution in [-0.4, -0.2) is 6.61 Å². The van der Waals surface area contributed by atoms with Crippen molar-refractivity contribution in [1.29, 1.82) is 0 Å². The van der Waals surface area contributed by atoms with Crippen LogP contribution in [0.5, 0.6) is 0 Å². The average Bonchev–Trinajstić information content (AvgIpc) is 2.60. The Bertz CT molecular complexity index is 796. The molecule has 24 heavy (non-hydrogen) atoms. The maximum absolute atomic E-state index is 5.44. The molecule has 0 bridgehead atoms. The highest BCUT2D eigenvalue weighted by Gasteiger charge is 2.13. The minimum absolute atomic E-state index is 0.503. The summed E-state index contributed by atoms with van der Waals surface area (Å²) in [5.74, 6) is 0.503. The van der Waals surface area contributed by atoms with Crippen molar-refractivity contribution in [3.63, 3.8) is 0 Å². The summed E-state index contributed by atoms with van der Waals surface area (Å²) >= 11 is 0. The first kappa shape index (κ1) is 17.4. The van der Waals surface area contributed by atoms with E-state index in [0.29, 0.717) is 18.1 Å². The normalized spacial score (nSPS) is 9.75. The van der Waals surface area contributed by atoms with Gasteiger partial charge in [-0.1, -0.05) is 74.0 Å².